The normalized spacial score (nSPS) is 17.2. The van der Waals surface area contributed by atoms with Gasteiger partial charge >= 0.3 is 0 Å². The molecule has 1 fully saturated rings. The lowest BCUT2D eigenvalue weighted by atomic mass is 10.0. The summed E-state index contributed by atoms with van der Waals surface area (Å²) in [4.78, 5) is 3.72. The largest absolute Gasteiger partial charge is 0.314 e. The maximum absolute atomic E-state index is 13.9. The first kappa shape index (κ1) is 16.4. The lowest BCUT2D eigenvalue weighted by molar-refractivity contribution is 0.200. The standard InChI is InChI=1S/C16H19FN2S.ClH/c1-12-4-5-13(11-14(12)17)16(15-3-2-10-20-15)19-8-6-18-7-9-19;/h2-5,10-11,16,18H,6-9H2,1H3;1H/t16-;/m1./s1. The van der Waals surface area contributed by atoms with Gasteiger partial charge in [0.2, 0.25) is 0 Å². The molecule has 1 aliphatic rings. The lowest BCUT2D eigenvalue weighted by Gasteiger charge is -2.34. The third-order valence-electron chi connectivity index (χ3n) is 3.84. The average molecular weight is 327 g/mol. The molecule has 1 saturated heterocycles. The Bertz CT molecular complexity index is 568. The molecule has 2 nitrogen and oxygen atoms in total. The molecule has 0 amide bonds. The zero-order valence-electron chi connectivity index (χ0n) is 12.0. The molecule has 0 radical (unpaired) electrons. The summed E-state index contributed by atoms with van der Waals surface area (Å²) in [6.45, 7) is 5.80. The van der Waals surface area contributed by atoms with Gasteiger partial charge in [0.1, 0.15) is 5.82 Å². The van der Waals surface area contributed by atoms with E-state index < -0.39 is 0 Å². The molecule has 2 heterocycles. The van der Waals surface area contributed by atoms with Crippen molar-refractivity contribution in [3.63, 3.8) is 0 Å². The van der Waals surface area contributed by atoms with Gasteiger partial charge in [0.15, 0.2) is 0 Å². The van der Waals surface area contributed by atoms with Crippen LogP contribution in [0, 0.1) is 12.7 Å². The van der Waals surface area contributed by atoms with E-state index in [9.17, 15) is 4.39 Å². The van der Waals surface area contributed by atoms with Crippen LogP contribution in [0.5, 0.6) is 0 Å². The fourth-order valence-electron chi connectivity index (χ4n) is 2.72. The molecule has 1 aliphatic heterocycles. The van der Waals surface area contributed by atoms with Gasteiger partial charge in [0.05, 0.1) is 6.04 Å². The SMILES string of the molecule is Cc1ccc([C@H](c2cccs2)N2CCNCC2)cc1F.Cl. The van der Waals surface area contributed by atoms with E-state index in [4.69, 9.17) is 0 Å². The van der Waals surface area contributed by atoms with E-state index in [1.54, 1.807) is 17.4 Å². The minimum atomic E-state index is -0.112. The minimum Gasteiger partial charge on any atom is -0.314 e. The number of piperazine rings is 1. The lowest BCUT2D eigenvalue weighted by Crippen LogP contribution is -2.45. The molecule has 1 aromatic carbocycles. The Balaban J connectivity index is 0.00000161. The molecule has 0 unspecified atom stereocenters. The summed E-state index contributed by atoms with van der Waals surface area (Å²) < 4.78 is 13.9. The number of nitrogens with zero attached hydrogens (tertiary/aromatic N) is 1. The molecular formula is C16H20ClFN2S. The van der Waals surface area contributed by atoms with Gasteiger partial charge in [-0.15, -0.1) is 23.7 Å². The summed E-state index contributed by atoms with van der Waals surface area (Å²) in [5, 5.41) is 5.47. The second-order valence-corrected chi connectivity index (χ2v) is 6.19. The van der Waals surface area contributed by atoms with Gasteiger partial charge in [0.25, 0.3) is 0 Å². The Labute approximate surface area is 135 Å². The van der Waals surface area contributed by atoms with Crippen molar-refractivity contribution in [3.05, 3.63) is 57.5 Å². The van der Waals surface area contributed by atoms with Crippen molar-refractivity contribution in [3.8, 4) is 0 Å². The van der Waals surface area contributed by atoms with Crippen molar-refractivity contribution in [2.45, 2.75) is 13.0 Å². The van der Waals surface area contributed by atoms with Crippen LogP contribution in [-0.4, -0.2) is 31.1 Å². The van der Waals surface area contributed by atoms with Crippen molar-refractivity contribution in [1.29, 1.82) is 0 Å². The smallest absolute Gasteiger partial charge is 0.126 e. The van der Waals surface area contributed by atoms with E-state index >= 15 is 0 Å². The number of nitrogens with one attached hydrogen (secondary N) is 1. The number of hydrogen-bond donors (Lipinski definition) is 1. The first-order chi connectivity index (χ1) is 9.75. The Morgan fingerprint density at radius 3 is 2.62 bits per heavy atom. The van der Waals surface area contributed by atoms with E-state index in [0.717, 1.165) is 31.7 Å². The van der Waals surface area contributed by atoms with Crippen LogP contribution in [0.4, 0.5) is 4.39 Å². The highest BCUT2D eigenvalue weighted by molar-refractivity contribution is 7.10. The number of aryl methyl sites for hydroxylation is 1. The Kier molecular flexibility index (Phi) is 5.76. The minimum absolute atomic E-state index is 0. The first-order valence-corrected chi connectivity index (χ1v) is 7.88. The van der Waals surface area contributed by atoms with Gasteiger partial charge in [-0.05, 0) is 35.6 Å². The molecular weight excluding hydrogens is 307 g/mol. The van der Waals surface area contributed by atoms with Crippen molar-refractivity contribution < 1.29 is 4.39 Å². The van der Waals surface area contributed by atoms with Crippen LogP contribution in [0.15, 0.2) is 35.7 Å². The molecule has 1 atom stereocenters. The van der Waals surface area contributed by atoms with Crippen LogP contribution in [0.2, 0.25) is 0 Å². The van der Waals surface area contributed by atoms with E-state index in [2.05, 4.69) is 33.8 Å². The highest BCUT2D eigenvalue weighted by Crippen LogP contribution is 2.32. The fourth-order valence-corrected chi connectivity index (χ4v) is 3.61. The van der Waals surface area contributed by atoms with Gasteiger partial charge in [-0.1, -0.05) is 18.2 Å². The van der Waals surface area contributed by atoms with Crippen molar-refractivity contribution in [2.75, 3.05) is 26.2 Å². The van der Waals surface area contributed by atoms with Gasteiger partial charge < -0.3 is 5.32 Å². The molecule has 3 rings (SSSR count). The third kappa shape index (κ3) is 3.64. The molecule has 21 heavy (non-hydrogen) atoms. The molecule has 1 aromatic heterocycles. The summed E-state index contributed by atoms with van der Waals surface area (Å²) in [5.74, 6) is -0.112. The molecule has 5 heteroatoms. The average Bonchev–Trinajstić information content (AvgIpc) is 2.98. The summed E-state index contributed by atoms with van der Waals surface area (Å²) in [5.41, 5.74) is 1.76. The topological polar surface area (TPSA) is 15.3 Å². The maximum Gasteiger partial charge on any atom is 0.126 e. The van der Waals surface area contributed by atoms with Crippen LogP contribution in [0.1, 0.15) is 22.0 Å². The highest BCUT2D eigenvalue weighted by Gasteiger charge is 2.25. The second-order valence-electron chi connectivity index (χ2n) is 5.21. The number of hydrogen-bond acceptors (Lipinski definition) is 3. The summed E-state index contributed by atoms with van der Waals surface area (Å²) in [6.07, 6.45) is 0. The molecule has 114 valence electrons. The van der Waals surface area contributed by atoms with Gasteiger partial charge in [0, 0.05) is 31.1 Å². The van der Waals surface area contributed by atoms with Crippen LogP contribution in [0.25, 0.3) is 0 Å². The molecule has 0 aliphatic carbocycles. The number of rotatable bonds is 3. The van der Waals surface area contributed by atoms with Crippen LogP contribution >= 0.6 is 23.7 Å². The Hall–Kier alpha value is -0.940. The van der Waals surface area contributed by atoms with Crippen molar-refractivity contribution in [2.24, 2.45) is 0 Å². The van der Waals surface area contributed by atoms with Crippen LogP contribution < -0.4 is 5.32 Å². The highest BCUT2D eigenvalue weighted by atomic mass is 35.5. The summed E-state index contributed by atoms with van der Waals surface area (Å²) in [6, 6.07) is 10.0. The second kappa shape index (κ2) is 7.36. The fraction of sp³-hybridized carbons (Fsp3) is 0.375. The number of thiophene rings is 1. The quantitative estimate of drug-likeness (QED) is 0.927. The van der Waals surface area contributed by atoms with Gasteiger partial charge in [-0.2, -0.15) is 0 Å². The van der Waals surface area contributed by atoms with E-state index in [0.29, 0.717) is 5.56 Å². The summed E-state index contributed by atoms with van der Waals surface area (Å²) in [7, 11) is 0. The van der Waals surface area contributed by atoms with E-state index in [-0.39, 0.29) is 24.3 Å². The number of benzene rings is 1. The van der Waals surface area contributed by atoms with Crippen LogP contribution in [-0.2, 0) is 0 Å². The zero-order valence-corrected chi connectivity index (χ0v) is 13.6. The van der Waals surface area contributed by atoms with E-state index in [1.807, 2.05) is 13.0 Å². The Morgan fingerprint density at radius 2 is 2.00 bits per heavy atom. The van der Waals surface area contributed by atoms with E-state index in [1.165, 1.54) is 4.88 Å². The predicted octanol–water partition coefficient (Wildman–Crippen LogP) is 3.61. The third-order valence-corrected chi connectivity index (χ3v) is 4.77. The monoisotopic (exact) mass is 326 g/mol. The first-order valence-electron chi connectivity index (χ1n) is 7.00. The van der Waals surface area contributed by atoms with Crippen molar-refractivity contribution >= 4 is 23.7 Å². The molecule has 0 saturated carbocycles. The maximum atomic E-state index is 13.9. The predicted molar refractivity (Wildman–Crippen MR) is 89.0 cm³/mol. The number of halogens is 2. The Morgan fingerprint density at radius 1 is 1.24 bits per heavy atom. The molecule has 0 spiro atoms. The molecule has 1 N–H and O–H groups in total. The summed E-state index contributed by atoms with van der Waals surface area (Å²) >= 11 is 1.75. The molecule has 2 aromatic rings. The van der Waals surface area contributed by atoms with Gasteiger partial charge in [-0.3, -0.25) is 4.90 Å². The molecule has 0 bridgehead atoms. The van der Waals surface area contributed by atoms with Crippen molar-refractivity contribution in [1.82, 2.24) is 10.2 Å². The zero-order chi connectivity index (χ0) is 13.9. The van der Waals surface area contributed by atoms with Gasteiger partial charge in [-0.25, -0.2) is 4.39 Å². The van der Waals surface area contributed by atoms with Crippen LogP contribution in [0.3, 0.4) is 0 Å².